The van der Waals surface area contributed by atoms with Gasteiger partial charge < -0.3 is 4.57 Å². The molecular weight excluding hydrogens is 394 g/mol. The van der Waals surface area contributed by atoms with E-state index in [2.05, 4.69) is 11.9 Å². The van der Waals surface area contributed by atoms with Crippen LogP contribution in [-0.2, 0) is 16.1 Å². The maximum Gasteiger partial charge on any atom is 0.270 e. The monoisotopic (exact) mass is 415 g/mol. The molecule has 0 unspecified atom stereocenters. The molecule has 0 aliphatic carbocycles. The zero-order chi connectivity index (χ0) is 21.4. The first-order valence-corrected chi connectivity index (χ1v) is 9.99. The third-order valence-electron chi connectivity index (χ3n) is 5.14. The normalized spacial score (nSPS) is 15.7. The van der Waals surface area contributed by atoms with E-state index in [4.69, 9.17) is 12.2 Å². The number of thiocarbonyl (C=S) groups is 1. The highest BCUT2D eigenvalue weighted by molar-refractivity contribution is 7.80. The van der Waals surface area contributed by atoms with Gasteiger partial charge in [0, 0.05) is 29.2 Å². The van der Waals surface area contributed by atoms with Crippen molar-refractivity contribution in [1.29, 1.82) is 0 Å². The minimum absolute atomic E-state index is 0.0464. The number of aromatic nitrogens is 1. The highest BCUT2D eigenvalue weighted by Crippen LogP contribution is 2.28. The second kappa shape index (κ2) is 7.72. The lowest BCUT2D eigenvalue weighted by Gasteiger charge is -2.30. The van der Waals surface area contributed by atoms with Crippen molar-refractivity contribution in [3.8, 4) is 0 Å². The standard InChI is InChI=1S/C24H21N3O2S/c1-4-11-26-14-17(18-7-5-6-8-21(18)26)13-19-22(28)25-24(30)27(23(19)29)20-10-9-15(2)12-16(20)3/h4-10,12-14H,1,11H2,2-3H3,(H,25,28,30)/b19-13+. The molecule has 1 aliphatic rings. The molecule has 2 amide bonds. The summed E-state index contributed by atoms with van der Waals surface area (Å²) < 4.78 is 2.03. The Kier molecular flexibility index (Phi) is 5.10. The fourth-order valence-corrected chi connectivity index (χ4v) is 4.04. The van der Waals surface area contributed by atoms with Gasteiger partial charge in [-0.05, 0) is 49.8 Å². The van der Waals surface area contributed by atoms with Crippen LogP contribution in [0.4, 0.5) is 5.69 Å². The van der Waals surface area contributed by atoms with Gasteiger partial charge in [0.25, 0.3) is 11.8 Å². The van der Waals surface area contributed by atoms with E-state index < -0.39 is 11.8 Å². The first-order chi connectivity index (χ1) is 14.4. The Morgan fingerprint density at radius 2 is 1.90 bits per heavy atom. The summed E-state index contributed by atoms with van der Waals surface area (Å²) in [6.07, 6.45) is 5.37. The number of benzene rings is 2. The molecule has 0 atom stereocenters. The molecule has 2 heterocycles. The third kappa shape index (κ3) is 3.35. The first kappa shape index (κ1) is 19.8. The van der Waals surface area contributed by atoms with Crippen LogP contribution in [0.1, 0.15) is 16.7 Å². The van der Waals surface area contributed by atoms with Crippen molar-refractivity contribution in [2.75, 3.05) is 4.90 Å². The second-order valence-electron chi connectivity index (χ2n) is 7.29. The molecule has 1 N–H and O–H groups in total. The van der Waals surface area contributed by atoms with Crippen molar-refractivity contribution in [1.82, 2.24) is 9.88 Å². The van der Waals surface area contributed by atoms with Gasteiger partial charge >= 0.3 is 0 Å². The Bertz CT molecular complexity index is 1250. The number of para-hydroxylation sites is 1. The Labute approximate surface area is 180 Å². The van der Waals surface area contributed by atoms with Crippen LogP contribution in [0.15, 0.2) is 66.9 Å². The van der Waals surface area contributed by atoms with E-state index in [0.29, 0.717) is 12.2 Å². The topological polar surface area (TPSA) is 54.3 Å². The maximum absolute atomic E-state index is 13.3. The van der Waals surface area contributed by atoms with Gasteiger partial charge in [0.2, 0.25) is 0 Å². The van der Waals surface area contributed by atoms with Crippen molar-refractivity contribution in [2.45, 2.75) is 20.4 Å². The zero-order valence-corrected chi connectivity index (χ0v) is 17.6. The van der Waals surface area contributed by atoms with Gasteiger partial charge in [0.05, 0.1) is 5.69 Å². The molecular formula is C24H21N3O2S. The summed E-state index contributed by atoms with van der Waals surface area (Å²) in [6, 6.07) is 13.6. The minimum atomic E-state index is -0.494. The van der Waals surface area contributed by atoms with Crippen molar-refractivity contribution in [2.24, 2.45) is 0 Å². The molecule has 3 aromatic rings. The number of hydrogen-bond acceptors (Lipinski definition) is 3. The number of aryl methyl sites for hydroxylation is 2. The fourth-order valence-electron chi connectivity index (χ4n) is 3.77. The zero-order valence-electron chi connectivity index (χ0n) is 16.8. The lowest BCUT2D eigenvalue weighted by Crippen LogP contribution is -2.54. The van der Waals surface area contributed by atoms with Gasteiger partial charge in [-0.2, -0.15) is 0 Å². The SMILES string of the molecule is C=CCn1cc(/C=C2\C(=O)NC(=S)N(c3ccc(C)cc3C)C2=O)c2ccccc21. The maximum atomic E-state index is 13.3. The highest BCUT2D eigenvalue weighted by Gasteiger charge is 2.35. The average Bonchev–Trinajstić information content (AvgIpc) is 3.05. The summed E-state index contributed by atoms with van der Waals surface area (Å²) in [5, 5.41) is 3.70. The van der Waals surface area contributed by atoms with Crippen molar-refractivity contribution >= 4 is 51.8 Å². The molecule has 0 radical (unpaired) electrons. The molecule has 0 bridgehead atoms. The number of carbonyl (C=O) groups is 2. The second-order valence-corrected chi connectivity index (χ2v) is 7.68. The summed E-state index contributed by atoms with van der Waals surface area (Å²) in [5.41, 5.74) is 4.50. The van der Waals surface area contributed by atoms with Gasteiger partial charge in [0.1, 0.15) is 5.57 Å². The number of fused-ring (bicyclic) bond motifs is 1. The molecule has 1 aliphatic heterocycles. The lowest BCUT2D eigenvalue weighted by atomic mass is 10.0. The predicted molar refractivity (Wildman–Crippen MR) is 124 cm³/mol. The number of carbonyl (C=O) groups excluding carboxylic acids is 2. The first-order valence-electron chi connectivity index (χ1n) is 9.58. The summed E-state index contributed by atoms with van der Waals surface area (Å²) in [4.78, 5) is 27.4. The number of rotatable bonds is 4. The van der Waals surface area contributed by atoms with Crippen LogP contribution in [-0.4, -0.2) is 21.5 Å². The quantitative estimate of drug-likeness (QED) is 0.300. The van der Waals surface area contributed by atoms with Crippen LogP contribution in [0.2, 0.25) is 0 Å². The molecule has 0 spiro atoms. The van der Waals surface area contributed by atoms with Gasteiger partial charge in [-0.15, -0.1) is 6.58 Å². The fraction of sp³-hybridized carbons (Fsp3) is 0.125. The van der Waals surface area contributed by atoms with E-state index in [9.17, 15) is 9.59 Å². The largest absolute Gasteiger partial charge is 0.343 e. The number of hydrogen-bond donors (Lipinski definition) is 1. The highest BCUT2D eigenvalue weighted by atomic mass is 32.1. The van der Waals surface area contributed by atoms with E-state index in [-0.39, 0.29) is 10.7 Å². The van der Waals surface area contributed by atoms with E-state index in [1.54, 1.807) is 6.08 Å². The van der Waals surface area contributed by atoms with E-state index in [1.807, 2.05) is 73.2 Å². The molecule has 1 aromatic heterocycles. The molecule has 1 fully saturated rings. The average molecular weight is 416 g/mol. The van der Waals surface area contributed by atoms with Crippen molar-refractivity contribution < 1.29 is 9.59 Å². The van der Waals surface area contributed by atoms with Crippen LogP contribution in [0.3, 0.4) is 0 Å². The number of nitrogens with one attached hydrogen (secondary N) is 1. The van der Waals surface area contributed by atoms with Gasteiger partial charge in [-0.25, -0.2) is 0 Å². The van der Waals surface area contributed by atoms with E-state index in [0.717, 1.165) is 27.6 Å². The van der Waals surface area contributed by atoms with Crippen LogP contribution < -0.4 is 10.2 Å². The molecule has 150 valence electrons. The van der Waals surface area contributed by atoms with E-state index in [1.165, 1.54) is 4.90 Å². The van der Waals surface area contributed by atoms with Crippen LogP contribution >= 0.6 is 12.2 Å². The van der Waals surface area contributed by atoms with Gasteiger partial charge in [-0.1, -0.05) is 42.0 Å². The Morgan fingerprint density at radius 3 is 2.63 bits per heavy atom. The van der Waals surface area contributed by atoms with Crippen molar-refractivity contribution in [3.05, 3.63) is 83.6 Å². The third-order valence-corrected chi connectivity index (χ3v) is 5.42. The Balaban J connectivity index is 1.82. The molecule has 5 nitrogen and oxygen atoms in total. The lowest BCUT2D eigenvalue weighted by molar-refractivity contribution is -0.122. The predicted octanol–water partition coefficient (Wildman–Crippen LogP) is 4.28. The number of nitrogens with zero attached hydrogens (tertiary/aromatic N) is 2. The number of anilines is 1. The minimum Gasteiger partial charge on any atom is -0.343 e. The van der Waals surface area contributed by atoms with Crippen LogP contribution in [0, 0.1) is 13.8 Å². The van der Waals surface area contributed by atoms with E-state index >= 15 is 0 Å². The van der Waals surface area contributed by atoms with Gasteiger partial charge in [0.15, 0.2) is 5.11 Å². The summed E-state index contributed by atoms with van der Waals surface area (Å²) in [5.74, 6) is -0.928. The van der Waals surface area contributed by atoms with Crippen LogP contribution in [0.5, 0.6) is 0 Å². The Hall–Kier alpha value is -3.51. The molecule has 1 saturated heterocycles. The van der Waals surface area contributed by atoms with Gasteiger partial charge in [-0.3, -0.25) is 19.8 Å². The molecule has 6 heteroatoms. The number of amides is 2. The summed E-state index contributed by atoms with van der Waals surface area (Å²) in [7, 11) is 0. The smallest absolute Gasteiger partial charge is 0.270 e. The Morgan fingerprint density at radius 1 is 1.13 bits per heavy atom. The van der Waals surface area contributed by atoms with Crippen molar-refractivity contribution in [3.63, 3.8) is 0 Å². The summed E-state index contributed by atoms with van der Waals surface area (Å²) >= 11 is 5.32. The van der Waals surface area contributed by atoms with Crippen LogP contribution in [0.25, 0.3) is 17.0 Å². The molecule has 2 aromatic carbocycles. The summed E-state index contributed by atoms with van der Waals surface area (Å²) in [6.45, 7) is 8.33. The molecule has 30 heavy (non-hydrogen) atoms. The molecule has 0 saturated carbocycles. The number of allylic oxidation sites excluding steroid dienone is 1. The molecule has 4 rings (SSSR count).